The van der Waals surface area contributed by atoms with E-state index < -0.39 is 42.1 Å². The molecule has 19 heteroatoms. The molecule has 1 aromatic heterocycles. The Bertz CT molecular complexity index is 1750. The van der Waals surface area contributed by atoms with Gasteiger partial charge < -0.3 is 36.7 Å². The number of carbonyl (C=O) groups is 3. The number of aromatic amines is 1. The van der Waals surface area contributed by atoms with Crippen molar-refractivity contribution >= 4 is 29.4 Å². The van der Waals surface area contributed by atoms with Crippen LogP contribution in [0, 0.1) is 11.2 Å². The van der Waals surface area contributed by atoms with Crippen LogP contribution in [0.25, 0.3) is 11.3 Å². The van der Waals surface area contributed by atoms with Gasteiger partial charge in [-0.05, 0) is 55.0 Å². The minimum atomic E-state index is -5.08. The molecule has 0 aliphatic carbocycles. The number of nitrogens with zero attached hydrogens (tertiary/aromatic N) is 1. The number of nitrogens with two attached hydrogens (primary N) is 2. The number of ether oxygens (including phenoxy) is 1. The van der Waals surface area contributed by atoms with E-state index in [1.165, 1.54) is 6.07 Å². The molecular weight excluding hydrogens is 673 g/mol. The predicted octanol–water partition coefficient (Wildman–Crippen LogP) is 5.47. The Morgan fingerprint density at radius 3 is 1.98 bits per heavy atom. The molecule has 0 aliphatic rings. The molecule has 1 amide bonds. The van der Waals surface area contributed by atoms with Gasteiger partial charge in [0, 0.05) is 28.6 Å². The molecule has 12 nitrogen and oxygen atoms in total. The Labute approximate surface area is 272 Å². The summed E-state index contributed by atoms with van der Waals surface area (Å²) in [6, 6.07) is 18.1. The van der Waals surface area contributed by atoms with Crippen LogP contribution < -0.4 is 21.5 Å². The van der Waals surface area contributed by atoms with Gasteiger partial charge in [0.1, 0.15) is 17.7 Å². The number of halogens is 7. The van der Waals surface area contributed by atoms with Gasteiger partial charge in [-0.1, -0.05) is 24.3 Å². The number of nitrogens with one attached hydrogen (secondary N) is 3. The summed E-state index contributed by atoms with van der Waals surface area (Å²) in [5, 5.41) is 25.2. The Morgan fingerprint density at radius 2 is 1.49 bits per heavy atom. The van der Waals surface area contributed by atoms with Gasteiger partial charge in [-0.15, -0.1) is 0 Å². The molecule has 0 saturated heterocycles. The van der Waals surface area contributed by atoms with Crippen LogP contribution in [-0.2, 0) is 9.59 Å². The van der Waals surface area contributed by atoms with Gasteiger partial charge in [0.25, 0.3) is 0 Å². The van der Waals surface area contributed by atoms with Crippen LogP contribution in [0.2, 0.25) is 0 Å². The molecule has 0 bridgehead atoms. The smallest absolute Gasteiger partial charge is 0.490 e. The fraction of sp³-hybridized carbons (Fsp3) is 0.167. The molecule has 0 spiro atoms. The van der Waals surface area contributed by atoms with Crippen molar-refractivity contribution in [2.45, 2.75) is 25.3 Å². The molecule has 1 unspecified atom stereocenters. The van der Waals surface area contributed by atoms with E-state index in [0.717, 1.165) is 5.69 Å². The summed E-state index contributed by atoms with van der Waals surface area (Å²) in [7, 11) is 0. The summed E-state index contributed by atoms with van der Waals surface area (Å²) in [6.07, 6.45) is -8.47. The second-order valence-electron chi connectivity index (χ2n) is 9.38. The van der Waals surface area contributed by atoms with E-state index in [1.54, 1.807) is 73.8 Å². The molecule has 0 saturated carbocycles. The minimum Gasteiger partial charge on any atom is -0.491 e. The number of alkyl halides is 6. The highest BCUT2D eigenvalue weighted by Crippen LogP contribution is 2.31. The summed E-state index contributed by atoms with van der Waals surface area (Å²) in [5.74, 6) is -5.89. The van der Waals surface area contributed by atoms with E-state index in [0.29, 0.717) is 40.4 Å². The van der Waals surface area contributed by atoms with E-state index in [-0.39, 0.29) is 11.6 Å². The zero-order chi connectivity index (χ0) is 37.1. The van der Waals surface area contributed by atoms with Gasteiger partial charge in [-0.3, -0.25) is 10.2 Å². The number of imidazole rings is 1. The Kier molecular flexibility index (Phi) is 13.2. The third-order valence-electron chi connectivity index (χ3n) is 5.92. The van der Waals surface area contributed by atoms with E-state index >= 15 is 0 Å². The SMILES string of the molecule is CCOc1cc(C(Nc2ccc(C(=N)N)cc2)c2nc(-c3ccccc3C(N)=O)c[nH]2)ccc1F.O=C(O)C(F)(F)F.O=C(O)C(F)(F)F. The van der Waals surface area contributed by atoms with Gasteiger partial charge in [0.15, 0.2) is 11.6 Å². The number of primary amides is 1. The van der Waals surface area contributed by atoms with Crippen molar-refractivity contribution in [3.05, 3.63) is 101 Å². The maximum Gasteiger partial charge on any atom is 0.490 e. The average molecular weight is 701 g/mol. The van der Waals surface area contributed by atoms with E-state index in [4.69, 9.17) is 46.4 Å². The average Bonchev–Trinajstić information content (AvgIpc) is 3.51. The van der Waals surface area contributed by atoms with Crippen LogP contribution in [0.1, 0.15) is 40.3 Å². The third-order valence-corrected chi connectivity index (χ3v) is 5.92. The number of aromatic nitrogens is 2. The van der Waals surface area contributed by atoms with Gasteiger partial charge in [0.2, 0.25) is 5.91 Å². The first-order valence-corrected chi connectivity index (χ1v) is 13.4. The normalized spacial score (nSPS) is 11.5. The van der Waals surface area contributed by atoms with Crippen molar-refractivity contribution in [2.75, 3.05) is 11.9 Å². The summed E-state index contributed by atoms with van der Waals surface area (Å²) in [4.78, 5) is 37.6. The number of anilines is 1. The van der Waals surface area contributed by atoms with Gasteiger partial charge in [-0.25, -0.2) is 19.0 Å². The number of nitrogen functional groups attached to an aromatic ring is 1. The van der Waals surface area contributed by atoms with Gasteiger partial charge in [0.05, 0.1) is 12.3 Å². The molecule has 3 aromatic carbocycles. The van der Waals surface area contributed by atoms with Crippen LogP contribution in [0.3, 0.4) is 0 Å². The highest BCUT2D eigenvalue weighted by Gasteiger charge is 2.38. The lowest BCUT2D eigenvalue weighted by Crippen LogP contribution is -2.21. The summed E-state index contributed by atoms with van der Waals surface area (Å²) in [6.45, 7) is 2.10. The number of aliphatic carboxylic acids is 2. The number of carbonyl (C=O) groups excluding carboxylic acids is 1. The Morgan fingerprint density at radius 1 is 0.939 bits per heavy atom. The minimum absolute atomic E-state index is 0.0308. The number of carboxylic acid groups (broad SMARTS) is 2. The first-order chi connectivity index (χ1) is 22.8. The number of H-pyrrole nitrogens is 1. The monoisotopic (exact) mass is 700 g/mol. The van der Waals surface area contributed by atoms with Crippen LogP contribution in [0.5, 0.6) is 5.75 Å². The summed E-state index contributed by atoms with van der Waals surface area (Å²) in [5.41, 5.74) is 14.6. The fourth-order valence-electron chi connectivity index (χ4n) is 3.73. The number of hydrogen-bond donors (Lipinski definition) is 7. The second-order valence-corrected chi connectivity index (χ2v) is 9.38. The van der Waals surface area contributed by atoms with Crippen molar-refractivity contribution in [3.8, 4) is 17.0 Å². The summed E-state index contributed by atoms with van der Waals surface area (Å²) < 4.78 is 83.2. The Hall–Kier alpha value is -6.14. The molecule has 49 heavy (non-hydrogen) atoms. The maximum atomic E-state index is 14.3. The molecular formula is C30H27F7N6O6. The van der Waals surface area contributed by atoms with Gasteiger partial charge in [-0.2, -0.15) is 26.3 Å². The maximum absolute atomic E-state index is 14.3. The first kappa shape index (κ1) is 39.0. The number of amidine groups is 1. The van der Waals surface area contributed by atoms with Crippen LogP contribution >= 0.6 is 0 Å². The zero-order valence-corrected chi connectivity index (χ0v) is 25.0. The van der Waals surface area contributed by atoms with E-state index in [2.05, 4.69) is 10.3 Å². The quantitative estimate of drug-likeness (QED) is 0.0669. The molecule has 4 rings (SSSR count). The molecule has 262 valence electrons. The van der Waals surface area contributed by atoms with Crippen molar-refractivity contribution in [2.24, 2.45) is 11.5 Å². The predicted molar refractivity (Wildman–Crippen MR) is 160 cm³/mol. The Balaban J connectivity index is 0.000000500. The standard InChI is InChI=1S/C26H25FN6O2.2C2HF3O2/c1-2-35-22-13-16(9-12-20(22)27)23(32-17-10-7-15(8-11-17)24(28)29)26-31-14-21(33-26)18-5-3-4-6-19(18)25(30)34;2*3-2(4,5)1(6)7/h3-14,23,32H,2H2,1H3,(H3,28,29)(H2,30,34)(H,31,33);2*(H,6,7). The molecule has 0 aliphatic heterocycles. The van der Waals surface area contributed by atoms with Crippen molar-refractivity contribution in [3.63, 3.8) is 0 Å². The molecule has 0 fully saturated rings. The molecule has 9 N–H and O–H groups in total. The fourth-order valence-corrected chi connectivity index (χ4v) is 3.73. The lowest BCUT2D eigenvalue weighted by atomic mass is 10.0. The molecule has 1 atom stereocenters. The third kappa shape index (κ3) is 11.6. The van der Waals surface area contributed by atoms with E-state index in [1.807, 2.05) is 0 Å². The van der Waals surface area contributed by atoms with Crippen molar-refractivity contribution in [1.82, 2.24) is 9.97 Å². The number of carboxylic acids is 2. The van der Waals surface area contributed by atoms with E-state index in [9.17, 15) is 35.5 Å². The lowest BCUT2D eigenvalue weighted by Gasteiger charge is -2.20. The number of benzene rings is 3. The van der Waals surface area contributed by atoms with Gasteiger partial charge >= 0.3 is 24.3 Å². The lowest BCUT2D eigenvalue weighted by molar-refractivity contribution is -0.193. The highest BCUT2D eigenvalue weighted by atomic mass is 19.4. The van der Waals surface area contributed by atoms with Crippen molar-refractivity contribution < 1.29 is 60.1 Å². The second kappa shape index (κ2) is 16.6. The van der Waals surface area contributed by atoms with Crippen LogP contribution in [0.15, 0.2) is 72.9 Å². The number of hydrogen-bond acceptors (Lipinski definition) is 7. The highest BCUT2D eigenvalue weighted by molar-refractivity contribution is 5.99. The summed E-state index contributed by atoms with van der Waals surface area (Å²) >= 11 is 0. The number of amides is 1. The molecule has 1 heterocycles. The van der Waals surface area contributed by atoms with Crippen molar-refractivity contribution in [1.29, 1.82) is 5.41 Å². The largest absolute Gasteiger partial charge is 0.491 e. The zero-order valence-electron chi connectivity index (χ0n) is 25.0. The van der Waals surface area contributed by atoms with Crippen LogP contribution in [0.4, 0.5) is 36.4 Å². The van der Waals surface area contributed by atoms with Crippen LogP contribution in [-0.4, -0.2) is 62.8 Å². The number of rotatable bonds is 9. The molecule has 4 aromatic rings. The first-order valence-electron chi connectivity index (χ1n) is 13.4. The molecule has 0 radical (unpaired) electrons. The topological polar surface area (TPSA) is 217 Å².